The average Bonchev–Trinajstić information content (AvgIpc) is 3.24. The molecule has 1 aromatic carbocycles. The molecule has 1 atom stereocenters. The molecule has 0 aliphatic carbocycles. The van der Waals surface area contributed by atoms with Crippen molar-refractivity contribution in [1.82, 2.24) is 25.1 Å². The van der Waals surface area contributed by atoms with Crippen molar-refractivity contribution in [3.05, 3.63) is 47.0 Å². The number of aromatic nitrogens is 4. The first-order valence-electron chi connectivity index (χ1n) is 9.38. The van der Waals surface area contributed by atoms with E-state index in [-0.39, 0.29) is 11.9 Å². The summed E-state index contributed by atoms with van der Waals surface area (Å²) in [6.07, 6.45) is 4.32. The normalized spacial score (nSPS) is 17.8. The lowest BCUT2D eigenvalue weighted by Crippen LogP contribution is -2.39. The van der Waals surface area contributed by atoms with Gasteiger partial charge in [0.1, 0.15) is 5.82 Å². The molecular formula is C20H25N5O. The summed E-state index contributed by atoms with van der Waals surface area (Å²) in [6, 6.07) is 8.08. The van der Waals surface area contributed by atoms with E-state index in [0.717, 1.165) is 59.6 Å². The zero-order valence-corrected chi connectivity index (χ0v) is 15.4. The second-order valence-corrected chi connectivity index (χ2v) is 7.16. The van der Waals surface area contributed by atoms with Gasteiger partial charge in [0, 0.05) is 25.1 Å². The molecule has 0 saturated carbocycles. The molecule has 1 fully saturated rings. The number of carbonyl (C=O) groups excluding carboxylic acids is 1. The van der Waals surface area contributed by atoms with Crippen molar-refractivity contribution < 1.29 is 4.79 Å². The summed E-state index contributed by atoms with van der Waals surface area (Å²) in [5, 5.41) is 7.32. The van der Waals surface area contributed by atoms with Gasteiger partial charge in [-0.3, -0.25) is 9.89 Å². The third kappa shape index (κ3) is 3.11. The minimum absolute atomic E-state index is 0.0469. The number of nitrogens with zero attached hydrogens (tertiary/aromatic N) is 3. The monoisotopic (exact) mass is 351 g/mol. The molecule has 1 aliphatic heterocycles. The summed E-state index contributed by atoms with van der Waals surface area (Å²) in [6.45, 7) is 4.87. The van der Waals surface area contributed by atoms with Crippen LogP contribution < -0.4 is 0 Å². The molecular weight excluding hydrogens is 326 g/mol. The van der Waals surface area contributed by atoms with E-state index in [1.165, 1.54) is 0 Å². The first-order chi connectivity index (χ1) is 12.6. The maximum Gasteiger partial charge on any atom is 0.223 e. The molecule has 2 aromatic heterocycles. The van der Waals surface area contributed by atoms with E-state index in [4.69, 9.17) is 4.98 Å². The highest BCUT2D eigenvalue weighted by Gasteiger charge is 2.30. The molecule has 0 bridgehead atoms. The van der Waals surface area contributed by atoms with Crippen LogP contribution in [0.5, 0.6) is 0 Å². The van der Waals surface area contributed by atoms with Crippen LogP contribution in [-0.4, -0.2) is 37.5 Å². The summed E-state index contributed by atoms with van der Waals surface area (Å²) in [5.41, 5.74) is 5.22. The summed E-state index contributed by atoms with van der Waals surface area (Å²) < 4.78 is 0. The van der Waals surface area contributed by atoms with Gasteiger partial charge in [-0.1, -0.05) is 12.1 Å². The Bertz CT molecular complexity index is 892. The Balaban J connectivity index is 1.51. The Morgan fingerprint density at radius 2 is 2.12 bits per heavy atom. The summed E-state index contributed by atoms with van der Waals surface area (Å²) in [5.74, 6) is 1.10. The summed E-state index contributed by atoms with van der Waals surface area (Å²) in [4.78, 5) is 23.1. The summed E-state index contributed by atoms with van der Waals surface area (Å²) >= 11 is 0. The molecule has 0 unspecified atom stereocenters. The van der Waals surface area contributed by atoms with Gasteiger partial charge in [0.05, 0.1) is 22.8 Å². The van der Waals surface area contributed by atoms with Gasteiger partial charge in [0.15, 0.2) is 0 Å². The molecule has 6 nitrogen and oxygen atoms in total. The number of fused-ring (bicyclic) bond motifs is 1. The average molecular weight is 351 g/mol. The number of piperidine rings is 1. The molecule has 1 aliphatic rings. The largest absolute Gasteiger partial charge is 0.340 e. The van der Waals surface area contributed by atoms with Gasteiger partial charge in [0.25, 0.3) is 0 Å². The fourth-order valence-electron chi connectivity index (χ4n) is 3.79. The van der Waals surface area contributed by atoms with Crippen molar-refractivity contribution in [3.8, 4) is 0 Å². The maximum atomic E-state index is 12.9. The highest BCUT2D eigenvalue weighted by atomic mass is 16.2. The van der Waals surface area contributed by atoms with Crippen molar-refractivity contribution >= 4 is 16.9 Å². The number of aryl methyl sites for hydroxylation is 2. The van der Waals surface area contributed by atoms with Crippen molar-refractivity contribution in [1.29, 1.82) is 0 Å². The number of hydrogen-bond donors (Lipinski definition) is 2. The smallest absolute Gasteiger partial charge is 0.223 e. The molecule has 4 rings (SSSR count). The lowest BCUT2D eigenvalue weighted by atomic mass is 10.0. The highest BCUT2D eigenvalue weighted by Crippen LogP contribution is 2.31. The first kappa shape index (κ1) is 16.8. The Hall–Kier alpha value is -2.63. The van der Waals surface area contributed by atoms with Crippen LogP contribution in [0, 0.1) is 13.8 Å². The van der Waals surface area contributed by atoms with Crippen LogP contribution >= 0.6 is 0 Å². The third-order valence-corrected chi connectivity index (χ3v) is 5.48. The lowest BCUT2D eigenvalue weighted by Gasteiger charge is -2.34. The Morgan fingerprint density at radius 1 is 1.27 bits per heavy atom. The number of rotatable bonds is 4. The van der Waals surface area contributed by atoms with Gasteiger partial charge >= 0.3 is 0 Å². The molecule has 0 radical (unpaired) electrons. The van der Waals surface area contributed by atoms with Crippen LogP contribution in [-0.2, 0) is 11.2 Å². The number of nitrogens with one attached hydrogen (secondary N) is 2. The molecule has 1 amide bonds. The quantitative estimate of drug-likeness (QED) is 0.754. The van der Waals surface area contributed by atoms with Crippen molar-refractivity contribution in [3.63, 3.8) is 0 Å². The maximum absolute atomic E-state index is 12.9. The predicted molar refractivity (Wildman–Crippen MR) is 101 cm³/mol. The topological polar surface area (TPSA) is 77.7 Å². The van der Waals surface area contributed by atoms with E-state index < -0.39 is 0 Å². The van der Waals surface area contributed by atoms with E-state index in [1.54, 1.807) is 0 Å². The number of amides is 1. The number of para-hydroxylation sites is 2. The fourth-order valence-corrected chi connectivity index (χ4v) is 3.79. The minimum Gasteiger partial charge on any atom is -0.340 e. The Morgan fingerprint density at radius 3 is 2.88 bits per heavy atom. The fraction of sp³-hybridized carbons (Fsp3) is 0.450. The van der Waals surface area contributed by atoms with Gasteiger partial charge in [-0.15, -0.1) is 0 Å². The van der Waals surface area contributed by atoms with Crippen molar-refractivity contribution in [2.75, 3.05) is 6.54 Å². The van der Waals surface area contributed by atoms with Crippen LogP contribution in [0.25, 0.3) is 11.0 Å². The van der Waals surface area contributed by atoms with Crippen LogP contribution in [0.15, 0.2) is 24.3 Å². The first-order valence-corrected chi connectivity index (χ1v) is 9.38. The highest BCUT2D eigenvalue weighted by molar-refractivity contribution is 5.78. The standard InChI is InChI=1S/C20H25N5O/c1-13-14(2)23-24-15(13)10-11-19(26)25-12-6-5-9-18(25)20-21-16-7-3-4-8-17(16)22-20/h3-4,7-8,18H,5-6,9-12H2,1-2H3,(H,21,22)(H,23,24)/t18-/m1/s1. The lowest BCUT2D eigenvalue weighted by molar-refractivity contribution is -0.135. The number of carbonyl (C=O) groups is 1. The van der Waals surface area contributed by atoms with E-state index in [9.17, 15) is 4.79 Å². The molecule has 3 heterocycles. The molecule has 6 heteroatoms. The SMILES string of the molecule is Cc1[nH]nc(CCC(=O)N2CCCC[C@@H]2c2nc3ccccc3[nH]2)c1C. The molecule has 136 valence electrons. The molecule has 3 aromatic rings. The third-order valence-electron chi connectivity index (χ3n) is 5.48. The molecule has 1 saturated heterocycles. The van der Waals surface area contributed by atoms with Gasteiger partial charge in [-0.2, -0.15) is 5.10 Å². The van der Waals surface area contributed by atoms with Crippen LogP contribution in [0.4, 0.5) is 0 Å². The van der Waals surface area contributed by atoms with Gasteiger partial charge in [-0.25, -0.2) is 4.98 Å². The number of H-pyrrole nitrogens is 2. The van der Waals surface area contributed by atoms with Crippen LogP contribution in [0.2, 0.25) is 0 Å². The van der Waals surface area contributed by atoms with E-state index in [2.05, 4.69) is 22.1 Å². The number of hydrogen-bond acceptors (Lipinski definition) is 3. The zero-order valence-electron chi connectivity index (χ0n) is 15.4. The second-order valence-electron chi connectivity index (χ2n) is 7.16. The van der Waals surface area contributed by atoms with Crippen molar-refractivity contribution in [2.24, 2.45) is 0 Å². The summed E-state index contributed by atoms with van der Waals surface area (Å²) in [7, 11) is 0. The van der Waals surface area contributed by atoms with E-state index in [1.807, 2.05) is 36.1 Å². The number of likely N-dealkylation sites (tertiary alicyclic amines) is 1. The number of benzene rings is 1. The van der Waals surface area contributed by atoms with Gasteiger partial charge in [-0.05, 0) is 50.8 Å². The van der Waals surface area contributed by atoms with Crippen LogP contribution in [0.3, 0.4) is 0 Å². The number of imidazole rings is 1. The van der Waals surface area contributed by atoms with E-state index in [0.29, 0.717) is 12.8 Å². The predicted octanol–water partition coefficient (Wildman–Crippen LogP) is 3.59. The minimum atomic E-state index is 0.0469. The Kier molecular flexibility index (Phi) is 4.49. The van der Waals surface area contributed by atoms with Crippen molar-refractivity contribution in [2.45, 2.75) is 52.0 Å². The zero-order chi connectivity index (χ0) is 18.1. The Labute approximate surface area is 153 Å². The van der Waals surface area contributed by atoms with Crippen LogP contribution in [0.1, 0.15) is 54.5 Å². The van der Waals surface area contributed by atoms with E-state index >= 15 is 0 Å². The van der Waals surface area contributed by atoms with Gasteiger partial charge in [0.2, 0.25) is 5.91 Å². The second kappa shape index (κ2) is 6.94. The molecule has 26 heavy (non-hydrogen) atoms. The molecule has 0 spiro atoms. The van der Waals surface area contributed by atoms with Gasteiger partial charge < -0.3 is 9.88 Å². The molecule has 2 N–H and O–H groups in total. The number of aromatic amines is 2.